The molecular weight excluding hydrogens is 291 g/mol. The van der Waals surface area contributed by atoms with Crippen LogP contribution in [0.1, 0.15) is 33.3 Å². The Balaban J connectivity index is 0.000000753. The van der Waals surface area contributed by atoms with Gasteiger partial charge in [-0.2, -0.15) is 0 Å². The van der Waals surface area contributed by atoms with E-state index in [-0.39, 0.29) is 12.1 Å². The zero-order chi connectivity index (χ0) is 16.8. The number of fused-ring (bicyclic) bond motifs is 5. The number of anilines is 3. The molecule has 5 heteroatoms. The molecule has 0 aliphatic carbocycles. The number of hydrogen-bond donors (Lipinski definition) is 0. The summed E-state index contributed by atoms with van der Waals surface area (Å²) >= 11 is 0. The molecule has 0 amide bonds. The third-order valence-corrected chi connectivity index (χ3v) is 4.93. The number of hydrogen-bond acceptors (Lipinski definition) is 4. The minimum Gasteiger partial charge on any atom is -0.349 e. The SMILES string of the molecule is CC.CC1C2N(C)c3cncnc3N2c2ccccc2C1(C)F. The van der Waals surface area contributed by atoms with Gasteiger partial charge in [-0.3, -0.25) is 0 Å². The fourth-order valence-electron chi connectivity index (χ4n) is 3.63. The number of alkyl halides is 1. The van der Waals surface area contributed by atoms with Crippen molar-refractivity contribution in [3.63, 3.8) is 0 Å². The molecule has 122 valence electrons. The molecule has 0 fully saturated rings. The topological polar surface area (TPSA) is 32.3 Å². The van der Waals surface area contributed by atoms with Crippen LogP contribution in [0.25, 0.3) is 0 Å². The summed E-state index contributed by atoms with van der Waals surface area (Å²) < 4.78 is 15.4. The van der Waals surface area contributed by atoms with Crippen molar-refractivity contribution in [1.29, 1.82) is 0 Å². The molecule has 1 aromatic heterocycles. The van der Waals surface area contributed by atoms with E-state index in [4.69, 9.17) is 0 Å². The van der Waals surface area contributed by atoms with E-state index in [9.17, 15) is 0 Å². The number of para-hydroxylation sites is 1. The van der Waals surface area contributed by atoms with Gasteiger partial charge in [-0.1, -0.05) is 39.0 Å². The molecule has 1 aromatic carbocycles. The largest absolute Gasteiger partial charge is 0.349 e. The fourth-order valence-corrected chi connectivity index (χ4v) is 3.63. The second kappa shape index (κ2) is 5.48. The fraction of sp³-hybridized carbons (Fsp3) is 0.444. The monoisotopic (exact) mass is 314 g/mol. The average molecular weight is 314 g/mol. The van der Waals surface area contributed by atoms with Crippen molar-refractivity contribution in [3.8, 4) is 0 Å². The summed E-state index contributed by atoms with van der Waals surface area (Å²) in [6.07, 6.45) is 3.26. The van der Waals surface area contributed by atoms with E-state index in [1.54, 1.807) is 19.4 Å². The van der Waals surface area contributed by atoms with Crippen LogP contribution in [0, 0.1) is 5.92 Å². The van der Waals surface area contributed by atoms with Crippen LogP contribution in [-0.2, 0) is 5.67 Å². The van der Waals surface area contributed by atoms with Gasteiger partial charge >= 0.3 is 0 Å². The van der Waals surface area contributed by atoms with Gasteiger partial charge in [0.25, 0.3) is 0 Å². The first kappa shape index (κ1) is 15.7. The van der Waals surface area contributed by atoms with Crippen LogP contribution in [0.2, 0.25) is 0 Å². The highest BCUT2D eigenvalue weighted by molar-refractivity contribution is 5.82. The van der Waals surface area contributed by atoms with Crippen molar-refractivity contribution in [2.45, 2.75) is 39.5 Å². The maximum atomic E-state index is 15.4. The van der Waals surface area contributed by atoms with E-state index in [1.165, 1.54) is 0 Å². The first-order valence-corrected chi connectivity index (χ1v) is 8.14. The normalized spacial score (nSPS) is 27.6. The Labute approximate surface area is 137 Å². The Kier molecular flexibility index (Phi) is 3.74. The van der Waals surface area contributed by atoms with Crippen LogP contribution in [0.15, 0.2) is 36.8 Å². The van der Waals surface area contributed by atoms with Gasteiger partial charge in [-0.25, -0.2) is 14.4 Å². The van der Waals surface area contributed by atoms with Crippen LogP contribution in [0.4, 0.5) is 21.6 Å². The molecule has 0 bridgehead atoms. The lowest BCUT2D eigenvalue weighted by atomic mass is 9.79. The number of nitrogens with zero attached hydrogens (tertiary/aromatic N) is 4. The van der Waals surface area contributed by atoms with Gasteiger partial charge in [-0.05, 0) is 13.0 Å². The van der Waals surface area contributed by atoms with Gasteiger partial charge in [0, 0.05) is 18.5 Å². The second-order valence-electron chi connectivity index (χ2n) is 6.01. The lowest BCUT2D eigenvalue weighted by Crippen LogP contribution is -2.53. The molecular formula is C18H23FN4. The second-order valence-corrected chi connectivity index (χ2v) is 6.01. The van der Waals surface area contributed by atoms with Crippen LogP contribution < -0.4 is 9.80 Å². The minimum atomic E-state index is -1.37. The summed E-state index contributed by atoms with van der Waals surface area (Å²) in [5, 5.41) is 0. The molecule has 3 unspecified atom stereocenters. The van der Waals surface area contributed by atoms with Gasteiger partial charge < -0.3 is 9.80 Å². The van der Waals surface area contributed by atoms with E-state index < -0.39 is 5.67 Å². The van der Waals surface area contributed by atoms with Crippen molar-refractivity contribution in [2.24, 2.45) is 5.92 Å². The maximum Gasteiger partial charge on any atom is 0.161 e. The first-order valence-electron chi connectivity index (χ1n) is 8.14. The zero-order valence-corrected chi connectivity index (χ0v) is 14.3. The number of aromatic nitrogens is 2. The van der Waals surface area contributed by atoms with Crippen molar-refractivity contribution in [1.82, 2.24) is 9.97 Å². The lowest BCUT2D eigenvalue weighted by molar-refractivity contribution is 0.0868. The third kappa shape index (κ3) is 2.02. The molecule has 4 nitrogen and oxygen atoms in total. The summed E-state index contributed by atoms with van der Waals surface area (Å²) in [5.41, 5.74) is 1.20. The Hall–Kier alpha value is -2.17. The van der Waals surface area contributed by atoms with E-state index in [2.05, 4.69) is 19.8 Å². The Bertz CT molecular complexity index is 716. The van der Waals surface area contributed by atoms with Crippen molar-refractivity contribution in [2.75, 3.05) is 16.8 Å². The molecule has 4 rings (SSSR count). The number of halogens is 1. The van der Waals surface area contributed by atoms with Gasteiger partial charge in [0.05, 0.1) is 11.9 Å². The van der Waals surface area contributed by atoms with Crippen molar-refractivity contribution >= 4 is 17.2 Å². The highest BCUT2D eigenvalue weighted by Gasteiger charge is 2.52. The zero-order valence-electron chi connectivity index (χ0n) is 14.3. The number of benzene rings is 1. The molecule has 0 radical (unpaired) electrons. The maximum absolute atomic E-state index is 15.4. The van der Waals surface area contributed by atoms with Crippen LogP contribution >= 0.6 is 0 Å². The minimum absolute atomic E-state index is 0.0819. The Morgan fingerprint density at radius 1 is 1.17 bits per heavy atom. The van der Waals surface area contributed by atoms with Crippen LogP contribution in [0.5, 0.6) is 0 Å². The van der Waals surface area contributed by atoms with Gasteiger partial charge in [0.1, 0.15) is 23.8 Å². The molecule has 2 aliphatic heterocycles. The predicted octanol–water partition coefficient (Wildman–Crippen LogP) is 4.25. The average Bonchev–Trinajstić information content (AvgIpc) is 2.88. The van der Waals surface area contributed by atoms with Gasteiger partial charge in [0.2, 0.25) is 0 Å². The van der Waals surface area contributed by atoms with Gasteiger partial charge in [-0.15, -0.1) is 0 Å². The van der Waals surface area contributed by atoms with Gasteiger partial charge in [0.15, 0.2) is 5.82 Å². The quantitative estimate of drug-likeness (QED) is 0.727. The molecule has 3 atom stereocenters. The summed E-state index contributed by atoms with van der Waals surface area (Å²) in [7, 11) is 1.98. The molecule has 2 aliphatic rings. The number of rotatable bonds is 0. The molecule has 3 heterocycles. The van der Waals surface area contributed by atoms with E-state index >= 15 is 4.39 Å². The molecule has 0 saturated heterocycles. The van der Waals surface area contributed by atoms with E-state index in [0.29, 0.717) is 0 Å². The standard InChI is InChI=1S/C16H17FN4.C2H6/c1-10-15-20(3)13-8-18-9-19-14(13)21(15)12-7-5-4-6-11(12)16(10,2)17;1-2/h4-10,15H,1-3H3;1-2H3. The Morgan fingerprint density at radius 2 is 1.87 bits per heavy atom. The van der Waals surface area contributed by atoms with Crippen molar-refractivity contribution in [3.05, 3.63) is 42.4 Å². The third-order valence-electron chi connectivity index (χ3n) is 4.93. The summed E-state index contributed by atoms with van der Waals surface area (Å²) in [6, 6.07) is 7.68. The Morgan fingerprint density at radius 3 is 2.61 bits per heavy atom. The van der Waals surface area contributed by atoms with E-state index in [1.807, 2.05) is 52.1 Å². The summed E-state index contributed by atoms with van der Waals surface area (Å²) in [4.78, 5) is 12.7. The highest BCUT2D eigenvalue weighted by atomic mass is 19.1. The summed E-state index contributed by atoms with van der Waals surface area (Å²) in [6.45, 7) is 7.64. The molecule has 23 heavy (non-hydrogen) atoms. The smallest absolute Gasteiger partial charge is 0.161 e. The predicted molar refractivity (Wildman–Crippen MR) is 91.8 cm³/mol. The van der Waals surface area contributed by atoms with E-state index in [0.717, 1.165) is 22.8 Å². The van der Waals surface area contributed by atoms with Crippen molar-refractivity contribution < 1.29 is 4.39 Å². The van der Waals surface area contributed by atoms with Crippen LogP contribution in [0.3, 0.4) is 0 Å². The molecule has 0 N–H and O–H groups in total. The summed E-state index contributed by atoms with van der Waals surface area (Å²) in [5.74, 6) is 0.666. The molecule has 0 saturated carbocycles. The molecule has 0 spiro atoms. The molecule has 2 aromatic rings. The lowest BCUT2D eigenvalue weighted by Gasteiger charge is -2.46. The van der Waals surface area contributed by atoms with Crippen LogP contribution in [-0.4, -0.2) is 23.2 Å². The first-order chi connectivity index (χ1) is 11.0. The highest BCUT2D eigenvalue weighted by Crippen LogP contribution is 2.54.